The summed E-state index contributed by atoms with van der Waals surface area (Å²) >= 11 is 0. The molecule has 0 fully saturated rings. The number of nitrogens with zero attached hydrogens (tertiary/aromatic N) is 1. The van der Waals surface area contributed by atoms with Gasteiger partial charge in [-0.3, -0.25) is 4.98 Å². The van der Waals surface area contributed by atoms with Crippen molar-refractivity contribution in [2.24, 2.45) is 0 Å². The molecule has 20 heavy (non-hydrogen) atoms. The average molecular weight is 276 g/mol. The number of pyridine rings is 1. The van der Waals surface area contributed by atoms with Gasteiger partial charge in [-0.1, -0.05) is 13.0 Å². The van der Waals surface area contributed by atoms with Gasteiger partial charge in [0.1, 0.15) is 11.6 Å². The van der Waals surface area contributed by atoms with Crippen LogP contribution in [0.5, 0.6) is 0 Å². The molecule has 106 valence electrons. The Morgan fingerprint density at radius 1 is 1.20 bits per heavy atom. The Hall–Kier alpha value is -1.81. The van der Waals surface area contributed by atoms with Crippen LogP contribution in [0.25, 0.3) is 0 Å². The van der Waals surface area contributed by atoms with Crippen molar-refractivity contribution >= 4 is 0 Å². The lowest BCUT2D eigenvalue weighted by Gasteiger charge is -2.22. The molecule has 1 unspecified atom stereocenters. The maximum atomic E-state index is 14.0. The zero-order chi connectivity index (χ0) is 14.5. The lowest BCUT2D eigenvalue weighted by molar-refractivity contribution is 0.502. The number of halogens is 2. The van der Waals surface area contributed by atoms with Crippen LogP contribution >= 0.6 is 0 Å². The second-order valence-electron chi connectivity index (χ2n) is 4.75. The molecule has 0 saturated heterocycles. The number of benzene rings is 1. The van der Waals surface area contributed by atoms with Gasteiger partial charge in [0.05, 0.1) is 6.04 Å². The van der Waals surface area contributed by atoms with E-state index in [0.29, 0.717) is 6.54 Å². The summed E-state index contributed by atoms with van der Waals surface area (Å²) in [5.74, 6) is -1.07. The molecule has 2 nitrogen and oxygen atoms in total. The number of aryl methyl sites for hydroxylation is 1. The molecule has 0 amide bonds. The van der Waals surface area contributed by atoms with E-state index in [2.05, 4.69) is 10.3 Å². The number of hydrogen-bond acceptors (Lipinski definition) is 2. The van der Waals surface area contributed by atoms with Gasteiger partial charge in [-0.05, 0) is 49.2 Å². The summed E-state index contributed by atoms with van der Waals surface area (Å²) < 4.78 is 28.1. The number of aromatic nitrogens is 1. The minimum Gasteiger partial charge on any atom is -0.306 e. The van der Waals surface area contributed by atoms with Gasteiger partial charge in [0.25, 0.3) is 0 Å². The van der Waals surface area contributed by atoms with Gasteiger partial charge < -0.3 is 5.32 Å². The molecule has 0 aliphatic heterocycles. The third-order valence-electron chi connectivity index (χ3n) is 3.26. The summed E-state index contributed by atoms with van der Waals surface area (Å²) in [6, 6.07) is 5.25. The SMILES string of the molecule is CCCNC(c1ccncc1C)c1c(F)cccc1F. The van der Waals surface area contributed by atoms with Crippen molar-refractivity contribution in [1.29, 1.82) is 0 Å². The molecule has 0 aliphatic rings. The first-order valence-electron chi connectivity index (χ1n) is 6.73. The fourth-order valence-electron chi connectivity index (χ4n) is 2.25. The third kappa shape index (κ3) is 3.02. The summed E-state index contributed by atoms with van der Waals surface area (Å²) in [7, 11) is 0. The van der Waals surface area contributed by atoms with Gasteiger partial charge in [-0.25, -0.2) is 8.78 Å². The van der Waals surface area contributed by atoms with Crippen LogP contribution < -0.4 is 5.32 Å². The van der Waals surface area contributed by atoms with E-state index < -0.39 is 17.7 Å². The molecule has 1 atom stereocenters. The van der Waals surface area contributed by atoms with Gasteiger partial charge in [-0.15, -0.1) is 0 Å². The quantitative estimate of drug-likeness (QED) is 0.899. The van der Waals surface area contributed by atoms with E-state index in [1.54, 1.807) is 18.5 Å². The maximum absolute atomic E-state index is 14.0. The van der Waals surface area contributed by atoms with Crippen LogP contribution in [0.1, 0.15) is 36.1 Å². The van der Waals surface area contributed by atoms with Crippen LogP contribution in [0.4, 0.5) is 8.78 Å². The van der Waals surface area contributed by atoms with Crippen LogP contribution in [-0.2, 0) is 0 Å². The molecular weight excluding hydrogens is 258 g/mol. The molecule has 0 bridgehead atoms. The highest BCUT2D eigenvalue weighted by Gasteiger charge is 2.22. The van der Waals surface area contributed by atoms with Crippen molar-refractivity contribution in [3.63, 3.8) is 0 Å². The molecule has 1 heterocycles. The monoisotopic (exact) mass is 276 g/mol. The van der Waals surface area contributed by atoms with Crippen LogP contribution in [0.15, 0.2) is 36.7 Å². The Morgan fingerprint density at radius 3 is 2.50 bits per heavy atom. The standard InChI is InChI=1S/C16H18F2N2/c1-3-8-20-16(12-7-9-19-10-11(12)2)15-13(17)5-4-6-14(15)18/h4-7,9-10,16,20H,3,8H2,1-2H3. The molecule has 0 aliphatic carbocycles. The van der Waals surface area contributed by atoms with Crippen molar-refractivity contribution in [2.75, 3.05) is 6.54 Å². The zero-order valence-corrected chi connectivity index (χ0v) is 11.7. The summed E-state index contributed by atoms with van der Waals surface area (Å²) in [6.07, 6.45) is 4.23. The summed E-state index contributed by atoms with van der Waals surface area (Å²) in [5.41, 5.74) is 1.82. The Labute approximate surface area is 117 Å². The molecule has 1 N–H and O–H groups in total. The van der Waals surface area contributed by atoms with Crippen molar-refractivity contribution in [3.8, 4) is 0 Å². The maximum Gasteiger partial charge on any atom is 0.131 e. The van der Waals surface area contributed by atoms with Crippen molar-refractivity contribution < 1.29 is 8.78 Å². The van der Waals surface area contributed by atoms with Gasteiger partial charge in [-0.2, -0.15) is 0 Å². The minimum atomic E-state index is -0.533. The van der Waals surface area contributed by atoms with Crippen molar-refractivity contribution in [2.45, 2.75) is 26.3 Å². The van der Waals surface area contributed by atoms with Gasteiger partial charge in [0.15, 0.2) is 0 Å². The molecule has 0 radical (unpaired) electrons. The Bertz CT molecular complexity index is 564. The lowest BCUT2D eigenvalue weighted by atomic mass is 9.95. The second kappa shape index (κ2) is 6.57. The van der Waals surface area contributed by atoms with Crippen LogP contribution in [0.2, 0.25) is 0 Å². The molecule has 2 rings (SSSR count). The van der Waals surface area contributed by atoms with E-state index >= 15 is 0 Å². The van der Waals surface area contributed by atoms with E-state index in [-0.39, 0.29) is 5.56 Å². The Morgan fingerprint density at radius 2 is 1.90 bits per heavy atom. The van der Waals surface area contributed by atoms with Crippen molar-refractivity contribution in [1.82, 2.24) is 10.3 Å². The minimum absolute atomic E-state index is 0.0650. The van der Waals surface area contributed by atoms with Gasteiger partial charge >= 0.3 is 0 Å². The smallest absolute Gasteiger partial charge is 0.131 e. The topological polar surface area (TPSA) is 24.9 Å². The highest BCUT2D eigenvalue weighted by atomic mass is 19.1. The van der Waals surface area contributed by atoms with Gasteiger partial charge in [0, 0.05) is 18.0 Å². The Kier molecular flexibility index (Phi) is 4.79. The second-order valence-corrected chi connectivity index (χ2v) is 4.75. The number of rotatable bonds is 5. The first-order chi connectivity index (χ1) is 9.65. The largest absolute Gasteiger partial charge is 0.306 e. The first kappa shape index (κ1) is 14.6. The molecule has 1 aromatic carbocycles. The predicted molar refractivity (Wildman–Crippen MR) is 75.5 cm³/mol. The van der Waals surface area contributed by atoms with Crippen molar-refractivity contribution in [3.05, 3.63) is 65.0 Å². The highest BCUT2D eigenvalue weighted by molar-refractivity contribution is 5.36. The normalized spacial score (nSPS) is 12.4. The Balaban J connectivity index is 2.50. The fourth-order valence-corrected chi connectivity index (χ4v) is 2.25. The van der Waals surface area contributed by atoms with Crippen LogP contribution in [0.3, 0.4) is 0 Å². The van der Waals surface area contributed by atoms with E-state index in [1.807, 2.05) is 13.8 Å². The molecule has 4 heteroatoms. The summed E-state index contributed by atoms with van der Waals surface area (Å²) in [5, 5.41) is 3.22. The van der Waals surface area contributed by atoms with E-state index in [1.165, 1.54) is 18.2 Å². The molecule has 0 spiro atoms. The molecule has 2 aromatic rings. The van der Waals surface area contributed by atoms with E-state index in [9.17, 15) is 8.78 Å². The van der Waals surface area contributed by atoms with E-state index in [0.717, 1.165) is 17.5 Å². The lowest BCUT2D eigenvalue weighted by Crippen LogP contribution is -2.26. The molecule has 0 saturated carbocycles. The fraction of sp³-hybridized carbons (Fsp3) is 0.312. The third-order valence-corrected chi connectivity index (χ3v) is 3.26. The van der Waals surface area contributed by atoms with Crippen LogP contribution in [0, 0.1) is 18.6 Å². The van der Waals surface area contributed by atoms with Gasteiger partial charge in [0.2, 0.25) is 0 Å². The summed E-state index contributed by atoms with van der Waals surface area (Å²) in [6.45, 7) is 4.59. The number of hydrogen-bond donors (Lipinski definition) is 1. The average Bonchev–Trinajstić information content (AvgIpc) is 2.43. The zero-order valence-electron chi connectivity index (χ0n) is 11.7. The molecular formula is C16H18F2N2. The summed E-state index contributed by atoms with van der Waals surface area (Å²) in [4.78, 5) is 4.03. The van der Waals surface area contributed by atoms with E-state index in [4.69, 9.17) is 0 Å². The van der Waals surface area contributed by atoms with Crippen LogP contribution in [-0.4, -0.2) is 11.5 Å². The number of nitrogens with one attached hydrogen (secondary N) is 1. The predicted octanol–water partition coefficient (Wildman–Crippen LogP) is 3.76. The highest BCUT2D eigenvalue weighted by Crippen LogP contribution is 2.28. The molecule has 1 aromatic heterocycles. The first-order valence-corrected chi connectivity index (χ1v) is 6.73.